The molecule has 0 bridgehead atoms. The number of nitrogen functional groups attached to an aromatic ring is 1. The molecule has 0 saturated carbocycles. The predicted molar refractivity (Wildman–Crippen MR) is 64.4 cm³/mol. The molecule has 0 unspecified atom stereocenters. The molecule has 0 aliphatic carbocycles. The first-order valence-corrected chi connectivity index (χ1v) is 5.26. The number of aromatic nitrogens is 3. The van der Waals surface area contributed by atoms with Crippen LogP contribution in [0.1, 0.15) is 0 Å². The Bertz CT molecular complexity index is 454. The number of hydrogen-bond acceptors (Lipinski definition) is 4. The van der Waals surface area contributed by atoms with Crippen molar-refractivity contribution in [1.29, 1.82) is 0 Å². The van der Waals surface area contributed by atoms with E-state index in [1.54, 1.807) is 18.5 Å². The fourth-order valence-electron chi connectivity index (χ4n) is 1.30. The lowest BCUT2D eigenvalue weighted by Gasteiger charge is -2.07. The minimum atomic E-state index is 0.528. The summed E-state index contributed by atoms with van der Waals surface area (Å²) in [5.41, 5.74) is 6.10. The van der Waals surface area contributed by atoms with Gasteiger partial charge in [-0.3, -0.25) is 4.68 Å². The number of rotatable bonds is 4. The summed E-state index contributed by atoms with van der Waals surface area (Å²) in [5, 5.41) is 7.73. The van der Waals surface area contributed by atoms with Gasteiger partial charge in [0.05, 0.1) is 23.5 Å². The van der Waals surface area contributed by atoms with Crippen molar-refractivity contribution < 1.29 is 0 Å². The minimum absolute atomic E-state index is 0.528. The number of hydrogen-bond donors (Lipinski definition) is 2. The minimum Gasteiger partial charge on any atom is -0.397 e. The molecule has 0 radical (unpaired) electrons. The van der Waals surface area contributed by atoms with Crippen molar-refractivity contribution in [3.05, 3.63) is 35.7 Å². The molecular weight excluding hydrogens is 226 g/mol. The molecule has 0 amide bonds. The lowest BCUT2D eigenvalue weighted by molar-refractivity contribution is 0.637. The van der Waals surface area contributed by atoms with E-state index < -0.39 is 0 Å². The first-order valence-electron chi connectivity index (χ1n) is 4.88. The van der Waals surface area contributed by atoms with Crippen molar-refractivity contribution in [2.24, 2.45) is 0 Å². The number of halogens is 1. The Morgan fingerprint density at radius 2 is 2.38 bits per heavy atom. The van der Waals surface area contributed by atoms with Crippen LogP contribution in [0.3, 0.4) is 0 Å². The zero-order valence-corrected chi connectivity index (χ0v) is 9.35. The van der Waals surface area contributed by atoms with E-state index in [9.17, 15) is 0 Å². The number of pyridine rings is 1. The molecule has 84 valence electrons. The molecule has 0 aliphatic heterocycles. The van der Waals surface area contributed by atoms with Crippen LogP contribution >= 0.6 is 11.6 Å². The van der Waals surface area contributed by atoms with Crippen LogP contribution in [0.25, 0.3) is 0 Å². The Morgan fingerprint density at radius 1 is 1.50 bits per heavy atom. The van der Waals surface area contributed by atoms with Crippen LogP contribution in [0, 0.1) is 0 Å². The SMILES string of the molecule is Nc1cnc(NCCn2cccn2)c(Cl)c1. The van der Waals surface area contributed by atoms with Crippen LogP contribution in [-0.4, -0.2) is 21.3 Å². The van der Waals surface area contributed by atoms with Gasteiger partial charge in [0.15, 0.2) is 0 Å². The Balaban J connectivity index is 1.90. The largest absolute Gasteiger partial charge is 0.397 e. The second-order valence-electron chi connectivity index (χ2n) is 3.29. The molecule has 2 heterocycles. The number of nitrogens with zero attached hydrogens (tertiary/aromatic N) is 3. The zero-order valence-electron chi connectivity index (χ0n) is 8.60. The number of nitrogens with two attached hydrogens (primary N) is 1. The van der Waals surface area contributed by atoms with Crippen molar-refractivity contribution in [2.45, 2.75) is 6.54 Å². The van der Waals surface area contributed by atoms with Crippen LogP contribution in [0.15, 0.2) is 30.7 Å². The van der Waals surface area contributed by atoms with Gasteiger partial charge in [0, 0.05) is 18.9 Å². The fourth-order valence-corrected chi connectivity index (χ4v) is 1.55. The first-order chi connectivity index (χ1) is 7.75. The summed E-state index contributed by atoms with van der Waals surface area (Å²) in [6, 6.07) is 3.55. The van der Waals surface area contributed by atoms with E-state index in [1.165, 1.54) is 0 Å². The van der Waals surface area contributed by atoms with Crippen molar-refractivity contribution in [1.82, 2.24) is 14.8 Å². The lowest BCUT2D eigenvalue weighted by atomic mass is 10.4. The highest BCUT2D eigenvalue weighted by atomic mass is 35.5. The second-order valence-corrected chi connectivity index (χ2v) is 3.70. The molecule has 2 aromatic rings. The molecule has 6 heteroatoms. The van der Waals surface area contributed by atoms with Gasteiger partial charge in [-0.25, -0.2) is 4.98 Å². The van der Waals surface area contributed by atoms with E-state index in [2.05, 4.69) is 15.4 Å². The Labute approximate surface area is 98.2 Å². The summed E-state index contributed by atoms with van der Waals surface area (Å²) in [7, 11) is 0. The maximum absolute atomic E-state index is 5.96. The average Bonchev–Trinajstić information content (AvgIpc) is 2.74. The average molecular weight is 238 g/mol. The van der Waals surface area contributed by atoms with Crippen molar-refractivity contribution >= 4 is 23.1 Å². The van der Waals surface area contributed by atoms with Crippen LogP contribution in [0.2, 0.25) is 5.02 Å². The van der Waals surface area contributed by atoms with Gasteiger partial charge < -0.3 is 11.1 Å². The van der Waals surface area contributed by atoms with Gasteiger partial charge in [0.2, 0.25) is 0 Å². The van der Waals surface area contributed by atoms with Gasteiger partial charge in [-0.1, -0.05) is 11.6 Å². The molecule has 2 rings (SSSR count). The molecule has 0 atom stereocenters. The molecule has 5 nitrogen and oxygen atoms in total. The van der Waals surface area contributed by atoms with E-state index in [1.807, 2.05) is 16.9 Å². The van der Waals surface area contributed by atoms with Gasteiger partial charge >= 0.3 is 0 Å². The Morgan fingerprint density at radius 3 is 3.06 bits per heavy atom. The number of anilines is 2. The molecule has 0 aromatic carbocycles. The molecule has 0 fully saturated rings. The van der Waals surface area contributed by atoms with Crippen molar-refractivity contribution in [3.63, 3.8) is 0 Å². The summed E-state index contributed by atoms with van der Waals surface area (Å²) in [6.45, 7) is 1.47. The predicted octanol–water partition coefficient (Wildman–Crippen LogP) is 1.63. The smallest absolute Gasteiger partial charge is 0.144 e. The summed E-state index contributed by atoms with van der Waals surface area (Å²) < 4.78 is 1.83. The fraction of sp³-hybridized carbons (Fsp3) is 0.200. The van der Waals surface area contributed by atoms with Crippen LogP contribution in [0.4, 0.5) is 11.5 Å². The first kappa shape index (κ1) is 10.8. The highest BCUT2D eigenvalue weighted by Crippen LogP contribution is 2.20. The highest BCUT2D eigenvalue weighted by Gasteiger charge is 2.01. The summed E-state index contributed by atoms with van der Waals surface area (Å²) in [4.78, 5) is 4.10. The van der Waals surface area contributed by atoms with Crippen molar-refractivity contribution in [2.75, 3.05) is 17.6 Å². The van der Waals surface area contributed by atoms with Gasteiger partial charge in [0.25, 0.3) is 0 Å². The maximum atomic E-state index is 5.96. The van der Waals surface area contributed by atoms with E-state index in [4.69, 9.17) is 17.3 Å². The highest BCUT2D eigenvalue weighted by molar-refractivity contribution is 6.33. The quantitative estimate of drug-likeness (QED) is 0.848. The van der Waals surface area contributed by atoms with E-state index in [-0.39, 0.29) is 0 Å². The third-order valence-electron chi connectivity index (χ3n) is 2.05. The molecule has 0 saturated heterocycles. The van der Waals surface area contributed by atoms with Gasteiger partial charge in [-0.15, -0.1) is 0 Å². The van der Waals surface area contributed by atoms with Gasteiger partial charge in [-0.2, -0.15) is 5.10 Å². The van der Waals surface area contributed by atoms with Crippen LogP contribution in [0.5, 0.6) is 0 Å². The molecule has 3 N–H and O–H groups in total. The lowest BCUT2D eigenvalue weighted by Crippen LogP contribution is -2.12. The Hall–Kier alpha value is -1.75. The summed E-state index contributed by atoms with van der Waals surface area (Å²) >= 11 is 5.96. The summed E-state index contributed by atoms with van der Waals surface area (Å²) in [6.07, 6.45) is 5.22. The van der Waals surface area contributed by atoms with Crippen molar-refractivity contribution in [3.8, 4) is 0 Å². The standard InChI is InChI=1S/C10H12ClN5/c11-9-6-8(12)7-14-10(9)13-3-5-16-4-1-2-15-16/h1-2,4,6-7H,3,5,12H2,(H,13,14). The molecule has 0 aliphatic rings. The monoisotopic (exact) mass is 237 g/mol. The third-order valence-corrected chi connectivity index (χ3v) is 2.34. The summed E-state index contributed by atoms with van der Waals surface area (Å²) in [5.74, 6) is 0.642. The Kier molecular flexibility index (Phi) is 3.26. The van der Waals surface area contributed by atoms with E-state index in [0.29, 0.717) is 23.1 Å². The second kappa shape index (κ2) is 4.85. The van der Waals surface area contributed by atoms with Crippen LogP contribution in [-0.2, 0) is 6.54 Å². The number of nitrogens with one attached hydrogen (secondary N) is 1. The van der Waals surface area contributed by atoms with E-state index >= 15 is 0 Å². The van der Waals surface area contributed by atoms with Gasteiger partial charge in [-0.05, 0) is 12.1 Å². The normalized spacial score (nSPS) is 10.3. The molecule has 0 spiro atoms. The van der Waals surface area contributed by atoms with Crippen LogP contribution < -0.4 is 11.1 Å². The third kappa shape index (κ3) is 2.64. The van der Waals surface area contributed by atoms with E-state index in [0.717, 1.165) is 6.54 Å². The maximum Gasteiger partial charge on any atom is 0.144 e. The zero-order chi connectivity index (χ0) is 11.4. The molecular formula is C10H12ClN5. The molecule has 2 aromatic heterocycles. The molecule has 16 heavy (non-hydrogen) atoms. The van der Waals surface area contributed by atoms with Gasteiger partial charge in [0.1, 0.15) is 5.82 Å². The topological polar surface area (TPSA) is 68.8 Å².